The molecule has 33 heavy (non-hydrogen) atoms. The van der Waals surface area contributed by atoms with Gasteiger partial charge in [-0.3, -0.25) is 0 Å². The molecule has 1 aromatic carbocycles. The van der Waals surface area contributed by atoms with Crippen molar-refractivity contribution >= 4 is 49.9 Å². The second-order valence-electron chi connectivity index (χ2n) is 8.81. The van der Waals surface area contributed by atoms with E-state index in [-0.39, 0.29) is 22.7 Å². The molecule has 3 amide bonds. The predicted molar refractivity (Wildman–Crippen MR) is 132 cm³/mol. The first kappa shape index (κ1) is 25.1. The van der Waals surface area contributed by atoms with E-state index in [0.717, 1.165) is 45.9 Å². The molecular weight excluding hydrogens is 505 g/mol. The predicted octanol–water partition coefficient (Wildman–Crippen LogP) is 3.72. The third-order valence-electron chi connectivity index (χ3n) is 5.00. The average Bonchev–Trinajstić information content (AvgIpc) is 3.16. The normalized spacial score (nSPS) is 16.2. The summed E-state index contributed by atoms with van der Waals surface area (Å²) in [5.41, 5.74) is 0.758. The van der Waals surface area contributed by atoms with Crippen LogP contribution in [0.1, 0.15) is 44.0 Å². The molecule has 8 nitrogen and oxygen atoms in total. The van der Waals surface area contributed by atoms with Crippen LogP contribution in [-0.4, -0.2) is 70.3 Å². The number of ether oxygens (including phenoxy) is 2. The van der Waals surface area contributed by atoms with Crippen molar-refractivity contribution < 1.29 is 23.9 Å². The number of nitrogens with zero attached hydrogens (tertiary/aromatic N) is 1. The fourth-order valence-corrected chi connectivity index (χ4v) is 5.10. The van der Waals surface area contributed by atoms with Crippen molar-refractivity contribution in [2.45, 2.75) is 45.3 Å². The van der Waals surface area contributed by atoms with Crippen molar-refractivity contribution in [1.82, 2.24) is 10.2 Å². The molecule has 1 aliphatic heterocycles. The molecule has 2 aromatic rings. The standard InChI is InChI=1S/C23H30AsN3O5S/c1-23(2,3)32-22(30)27-11-5-6-15(13-27)25-19(28)17-12-18(33-20(17)26-21(24)29)14-7-9-16(31-4)10-8-14/h7-10,12,15H,5-6,11,13,24H2,1-4H3,(H,25,28)(H,26,29). The zero-order valence-corrected chi connectivity index (χ0v) is 22.5. The number of rotatable bonds is 5. The number of nitrogens with one attached hydrogen (secondary N) is 2. The molecule has 10 heteroatoms. The number of carbonyl (C=O) groups excluding carboxylic acids is 3. The first-order valence-corrected chi connectivity index (χ1v) is 12.7. The van der Waals surface area contributed by atoms with E-state index in [1.54, 1.807) is 18.1 Å². The molecule has 1 aromatic heterocycles. The van der Waals surface area contributed by atoms with Crippen LogP contribution < -0.4 is 15.4 Å². The molecule has 0 saturated carbocycles. The quantitative estimate of drug-likeness (QED) is 0.569. The molecule has 0 bridgehead atoms. The Labute approximate surface area is 206 Å². The molecule has 0 radical (unpaired) electrons. The van der Waals surface area contributed by atoms with E-state index in [9.17, 15) is 14.4 Å². The van der Waals surface area contributed by atoms with E-state index < -0.39 is 5.60 Å². The van der Waals surface area contributed by atoms with Gasteiger partial charge in [0, 0.05) is 0 Å². The summed E-state index contributed by atoms with van der Waals surface area (Å²) in [7, 11) is 1.61. The van der Waals surface area contributed by atoms with Gasteiger partial charge >= 0.3 is 186 Å². The van der Waals surface area contributed by atoms with E-state index in [1.807, 2.05) is 45.0 Å². The van der Waals surface area contributed by atoms with Gasteiger partial charge in [0.25, 0.3) is 0 Å². The van der Waals surface area contributed by atoms with E-state index in [0.29, 0.717) is 23.7 Å². The van der Waals surface area contributed by atoms with Crippen molar-refractivity contribution in [2.75, 3.05) is 25.5 Å². The van der Waals surface area contributed by atoms with Crippen LogP contribution in [0.15, 0.2) is 30.3 Å². The van der Waals surface area contributed by atoms with Crippen molar-refractivity contribution in [3.63, 3.8) is 0 Å². The minimum absolute atomic E-state index is 0.187. The van der Waals surface area contributed by atoms with E-state index in [2.05, 4.69) is 10.6 Å². The molecule has 3 rings (SSSR count). The molecule has 1 saturated heterocycles. The van der Waals surface area contributed by atoms with Gasteiger partial charge in [-0.25, -0.2) is 0 Å². The number of benzene rings is 1. The monoisotopic (exact) mass is 535 g/mol. The molecule has 2 unspecified atom stereocenters. The van der Waals surface area contributed by atoms with Crippen LogP contribution in [0, 0.1) is 0 Å². The fourth-order valence-electron chi connectivity index (χ4n) is 3.51. The van der Waals surface area contributed by atoms with Gasteiger partial charge in [-0.2, -0.15) is 0 Å². The molecule has 2 N–H and O–H groups in total. The molecule has 0 aliphatic carbocycles. The Bertz CT molecular complexity index is 1020. The minimum atomic E-state index is -0.573. The zero-order chi connectivity index (χ0) is 24.2. The van der Waals surface area contributed by atoms with Gasteiger partial charge in [-0.1, -0.05) is 0 Å². The summed E-state index contributed by atoms with van der Waals surface area (Å²) in [5, 5.41) is 6.33. The number of hydrogen-bond donors (Lipinski definition) is 2. The SMILES string of the molecule is COc1ccc(-c2cc(C(=O)NC3CCCN(C(=O)OC(C)(C)C)C3)c(NC(=O)[AsH2])s2)cc1. The van der Waals surface area contributed by atoms with E-state index in [1.165, 1.54) is 11.3 Å². The van der Waals surface area contributed by atoms with Crippen molar-refractivity contribution in [3.05, 3.63) is 35.9 Å². The third-order valence-corrected chi connectivity index (χ3v) is 6.40. The van der Waals surface area contributed by atoms with E-state index in [4.69, 9.17) is 9.47 Å². The number of piperidine rings is 1. The van der Waals surface area contributed by atoms with Crippen molar-refractivity contribution in [3.8, 4) is 16.2 Å². The second kappa shape index (κ2) is 10.6. The summed E-state index contributed by atoms with van der Waals surface area (Å²) in [4.78, 5) is 39.8. The number of hydrogen-bond acceptors (Lipinski definition) is 6. The summed E-state index contributed by atoms with van der Waals surface area (Å²) < 4.78 is 10.5. The Kier molecular flexibility index (Phi) is 8.08. The van der Waals surface area contributed by atoms with Gasteiger partial charge in [0.1, 0.15) is 0 Å². The summed E-state index contributed by atoms with van der Waals surface area (Å²) >= 11 is 2.27. The Hall–Kier alpha value is -2.51. The number of methoxy groups -OCH3 is 1. The Balaban J connectivity index is 1.75. The second-order valence-corrected chi connectivity index (χ2v) is 11.0. The third kappa shape index (κ3) is 6.98. The number of likely N-dealkylation sites (tertiary alicyclic amines) is 1. The van der Waals surface area contributed by atoms with Gasteiger partial charge in [0.2, 0.25) is 0 Å². The summed E-state index contributed by atoms with van der Waals surface area (Å²) in [5.74, 6) is 0.461. The van der Waals surface area contributed by atoms with E-state index >= 15 is 0 Å². The van der Waals surface area contributed by atoms with Crippen LogP contribution in [0.5, 0.6) is 5.75 Å². The van der Waals surface area contributed by atoms with Crippen LogP contribution in [0.4, 0.5) is 14.6 Å². The van der Waals surface area contributed by atoms with Crippen LogP contribution in [0.3, 0.4) is 0 Å². The average molecular weight is 535 g/mol. The summed E-state index contributed by atoms with van der Waals surface area (Å²) in [6, 6.07) is 9.11. The molecule has 1 aliphatic rings. The summed E-state index contributed by atoms with van der Waals surface area (Å²) in [6.07, 6.45) is 1.16. The van der Waals surface area contributed by atoms with Crippen molar-refractivity contribution in [1.29, 1.82) is 0 Å². The first-order chi connectivity index (χ1) is 15.6. The number of amides is 3. The van der Waals surface area contributed by atoms with Gasteiger partial charge in [0.15, 0.2) is 0 Å². The molecule has 1 fully saturated rings. The molecule has 178 valence electrons. The molecule has 2 atom stereocenters. The fraction of sp³-hybridized carbons (Fsp3) is 0.435. The van der Waals surface area contributed by atoms with Gasteiger partial charge in [-0.15, -0.1) is 0 Å². The first-order valence-electron chi connectivity index (χ1n) is 10.7. The van der Waals surface area contributed by atoms with Crippen LogP contribution in [0.25, 0.3) is 10.4 Å². The van der Waals surface area contributed by atoms with Gasteiger partial charge in [0.05, 0.1) is 0 Å². The number of thiophene rings is 1. The van der Waals surface area contributed by atoms with Crippen molar-refractivity contribution in [2.24, 2.45) is 0 Å². The number of carbonyl (C=O) groups is 3. The molecular formula is C23H30AsN3O5S. The van der Waals surface area contributed by atoms with Crippen LogP contribution >= 0.6 is 11.3 Å². The maximum absolute atomic E-state index is 13.2. The molecule has 0 spiro atoms. The van der Waals surface area contributed by atoms with Crippen LogP contribution in [-0.2, 0) is 4.74 Å². The Morgan fingerprint density at radius 3 is 2.48 bits per heavy atom. The topological polar surface area (TPSA) is 97.0 Å². The molecule has 2 heterocycles. The summed E-state index contributed by atoms with van der Waals surface area (Å²) in [6.45, 7) is 6.47. The Morgan fingerprint density at radius 2 is 1.88 bits per heavy atom. The van der Waals surface area contributed by atoms with Gasteiger partial charge < -0.3 is 0 Å². The van der Waals surface area contributed by atoms with Gasteiger partial charge in [-0.05, 0) is 20.8 Å². The Morgan fingerprint density at radius 1 is 1.18 bits per heavy atom. The maximum atomic E-state index is 13.2. The number of anilines is 1. The zero-order valence-electron chi connectivity index (χ0n) is 19.3. The van der Waals surface area contributed by atoms with Crippen LogP contribution in [0.2, 0.25) is 0 Å².